The first-order valence-corrected chi connectivity index (χ1v) is 3.78. The summed E-state index contributed by atoms with van der Waals surface area (Å²) in [4.78, 5) is 0. The predicted molar refractivity (Wildman–Crippen MR) is 42.6 cm³/mol. The second-order valence-corrected chi connectivity index (χ2v) is 3.18. The lowest BCUT2D eigenvalue weighted by molar-refractivity contribution is 1.03. The molecule has 0 amide bonds. The van der Waals surface area contributed by atoms with Crippen molar-refractivity contribution in [1.29, 1.82) is 0 Å². The highest BCUT2D eigenvalue weighted by Crippen LogP contribution is 2.27. The Morgan fingerprint density at radius 2 is 2.20 bits per heavy atom. The topological polar surface area (TPSA) is 28.7 Å². The zero-order valence-electron chi connectivity index (χ0n) is 5.78. The van der Waals surface area contributed by atoms with Crippen LogP contribution < -0.4 is 0 Å². The molecule has 1 aromatic rings. The van der Waals surface area contributed by atoms with Crippen LogP contribution >= 0.6 is 23.2 Å². The van der Waals surface area contributed by atoms with Gasteiger partial charge in [0.05, 0.1) is 5.38 Å². The van der Waals surface area contributed by atoms with Crippen LogP contribution in [0.2, 0.25) is 5.15 Å². The van der Waals surface area contributed by atoms with Crippen LogP contribution in [-0.4, -0.2) is 10.2 Å². The Kier molecular flexibility index (Phi) is 2.21. The van der Waals surface area contributed by atoms with Crippen molar-refractivity contribution in [1.82, 2.24) is 10.2 Å². The lowest BCUT2D eigenvalue weighted by Crippen LogP contribution is -1.84. The Labute approximate surface area is 69.5 Å². The third-order valence-electron chi connectivity index (χ3n) is 1.35. The van der Waals surface area contributed by atoms with Crippen LogP contribution in [0, 0.1) is 6.92 Å². The van der Waals surface area contributed by atoms with E-state index in [1.165, 1.54) is 0 Å². The summed E-state index contributed by atoms with van der Waals surface area (Å²) < 4.78 is 0. The van der Waals surface area contributed by atoms with Crippen LogP contribution in [0.1, 0.15) is 23.6 Å². The number of hydrogen-bond donors (Lipinski definition) is 1. The highest BCUT2D eigenvalue weighted by atomic mass is 35.5. The summed E-state index contributed by atoms with van der Waals surface area (Å²) in [6, 6.07) is 0. The molecule has 4 heteroatoms. The number of halogens is 2. The Morgan fingerprint density at radius 3 is 2.40 bits per heavy atom. The van der Waals surface area contributed by atoms with Gasteiger partial charge < -0.3 is 0 Å². The molecule has 0 fully saturated rings. The number of alkyl halides is 1. The van der Waals surface area contributed by atoms with Crippen molar-refractivity contribution in [2.24, 2.45) is 0 Å². The van der Waals surface area contributed by atoms with E-state index in [0.29, 0.717) is 5.15 Å². The van der Waals surface area contributed by atoms with E-state index >= 15 is 0 Å². The zero-order chi connectivity index (χ0) is 7.72. The van der Waals surface area contributed by atoms with Crippen molar-refractivity contribution < 1.29 is 0 Å². The van der Waals surface area contributed by atoms with Gasteiger partial charge in [-0.1, -0.05) is 11.6 Å². The fourth-order valence-electron chi connectivity index (χ4n) is 0.871. The molecule has 0 saturated carbocycles. The Morgan fingerprint density at radius 1 is 1.60 bits per heavy atom. The predicted octanol–water partition coefficient (Wildman–Crippen LogP) is 2.67. The highest BCUT2D eigenvalue weighted by Gasteiger charge is 2.12. The second kappa shape index (κ2) is 2.81. The molecule has 10 heavy (non-hydrogen) atoms. The van der Waals surface area contributed by atoms with Crippen LogP contribution in [0.3, 0.4) is 0 Å². The summed E-state index contributed by atoms with van der Waals surface area (Å²) in [6.07, 6.45) is 0. The van der Waals surface area contributed by atoms with E-state index in [0.717, 1.165) is 11.3 Å². The fraction of sp³-hybridized carbons (Fsp3) is 0.500. The summed E-state index contributed by atoms with van der Waals surface area (Å²) in [6.45, 7) is 3.76. The Hall–Kier alpha value is -0.210. The number of H-pyrrole nitrogens is 1. The van der Waals surface area contributed by atoms with Gasteiger partial charge in [0.25, 0.3) is 0 Å². The van der Waals surface area contributed by atoms with Gasteiger partial charge in [-0.15, -0.1) is 11.6 Å². The average molecular weight is 179 g/mol. The maximum atomic E-state index is 5.81. The molecule has 0 radical (unpaired) electrons. The van der Waals surface area contributed by atoms with Crippen LogP contribution in [0.15, 0.2) is 0 Å². The third-order valence-corrected chi connectivity index (χ3v) is 1.85. The molecule has 1 unspecified atom stereocenters. The van der Waals surface area contributed by atoms with Gasteiger partial charge in [-0.25, -0.2) is 0 Å². The minimum absolute atomic E-state index is 0.0775. The van der Waals surface area contributed by atoms with E-state index in [2.05, 4.69) is 10.2 Å². The molecule has 0 aliphatic carbocycles. The monoisotopic (exact) mass is 178 g/mol. The molecule has 0 bridgehead atoms. The van der Waals surface area contributed by atoms with E-state index in [-0.39, 0.29) is 5.38 Å². The molecular formula is C6H8Cl2N2. The van der Waals surface area contributed by atoms with E-state index in [4.69, 9.17) is 23.2 Å². The molecule has 0 aromatic carbocycles. The largest absolute Gasteiger partial charge is 0.281 e. The van der Waals surface area contributed by atoms with Crippen LogP contribution in [0.5, 0.6) is 0 Å². The van der Waals surface area contributed by atoms with Crippen molar-refractivity contribution in [2.45, 2.75) is 19.2 Å². The van der Waals surface area contributed by atoms with E-state index in [9.17, 15) is 0 Å². The number of aromatic nitrogens is 2. The maximum absolute atomic E-state index is 5.81. The number of aromatic amines is 1. The summed E-state index contributed by atoms with van der Waals surface area (Å²) >= 11 is 11.5. The maximum Gasteiger partial charge on any atom is 0.155 e. The van der Waals surface area contributed by atoms with Gasteiger partial charge in [-0.05, 0) is 13.8 Å². The van der Waals surface area contributed by atoms with Crippen molar-refractivity contribution in [3.05, 3.63) is 16.4 Å². The summed E-state index contributed by atoms with van der Waals surface area (Å²) in [7, 11) is 0. The average Bonchev–Trinajstić information content (AvgIpc) is 2.11. The molecule has 1 heterocycles. The summed E-state index contributed by atoms with van der Waals surface area (Å²) in [5, 5.41) is 6.94. The molecule has 1 atom stereocenters. The molecule has 1 rings (SSSR count). The number of nitrogens with zero attached hydrogens (tertiary/aromatic N) is 1. The number of aryl methyl sites for hydroxylation is 1. The first-order chi connectivity index (χ1) is 4.63. The Balaban J connectivity index is 3.10. The molecule has 1 N–H and O–H groups in total. The number of nitrogens with one attached hydrogen (secondary N) is 1. The van der Waals surface area contributed by atoms with Crippen LogP contribution in [-0.2, 0) is 0 Å². The fourth-order valence-corrected chi connectivity index (χ4v) is 1.54. The van der Waals surface area contributed by atoms with Crippen LogP contribution in [0.4, 0.5) is 0 Å². The quantitative estimate of drug-likeness (QED) is 0.659. The number of hydrogen-bond acceptors (Lipinski definition) is 1. The Bertz CT molecular complexity index is 210. The van der Waals surface area contributed by atoms with Gasteiger partial charge in [0, 0.05) is 11.3 Å². The summed E-state index contributed by atoms with van der Waals surface area (Å²) in [5.41, 5.74) is 1.83. The lowest BCUT2D eigenvalue weighted by Gasteiger charge is -1.99. The molecule has 0 aliphatic rings. The minimum atomic E-state index is -0.0775. The van der Waals surface area contributed by atoms with E-state index in [1.807, 2.05) is 13.8 Å². The molecule has 1 aromatic heterocycles. The smallest absolute Gasteiger partial charge is 0.155 e. The molecule has 2 nitrogen and oxygen atoms in total. The van der Waals surface area contributed by atoms with Gasteiger partial charge in [0.1, 0.15) is 0 Å². The van der Waals surface area contributed by atoms with Crippen molar-refractivity contribution in [2.75, 3.05) is 0 Å². The first kappa shape index (κ1) is 7.89. The zero-order valence-corrected chi connectivity index (χ0v) is 7.29. The standard InChI is InChI=1S/C6H8Cl2N2/c1-3(7)5-4(2)9-10-6(5)8/h3H,1-2H3,(H,9,10). The van der Waals surface area contributed by atoms with Crippen molar-refractivity contribution in [3.63, 3.8) is 0 Å². The van der Waals surface area contributed by atoms with Gasteiger partial charge in [0.15, 0.2) is 5.15 Å². The minimum Gasteiger partial charge on any atom is -0.281 e. The van der Waals surface area contributed by atoms with E-state index in [1.54, 1.807) is 0 Å². The molecule has 0 saturated heterocycles. The lowest BCUT2D eigenvalue weighted by atomic mass is 10.2. The SMILES string of the molecule is Cc1[nH]nc(Cl)c1C(C)Cl. The van der Waals surface area contributed by atoms with Gasteiger partial charge in [-0.2, -0.15) is 5.10 Å². The third kappa shape index (κ3) is 1.27. The van der Waals surface area contributed by atoms with Gasteiger partial charge in [-0.3, -0.25) is 5.10 Å². The number of rotatable bonds is 1. The van der Waals surface area contributed by atoms with Crippen molar-refractivity contribution >= 4 is 23.2 Å². The normalized spacial score (nSPS) is 13.6. The summed E-state index contributed by atoms with van der Waals surface area (Å²) in [5.74, 6) is 0. The molecular weight excluding hydrogens is 171 g/mol. The molecule has 0 spiro atoms. The highest BCUT2D eigenvalue weighted by molar-refractivity contribution is 6.31. The van der Waals surface area contributed by atoms with Crippen LogP contribution in [0.25, 0.3) is 0 Å². The molecule has 56 valence electrons. The van der Waals surface area contributed by atoms with Crippen molar-refractivity contribution in [3.8, 4) is 0 Å². The van der Waals surface area contributed by atoms with Gasteiger partial charge >= 0.3 is 0 Å². The molecule has 0 aliphatic heterocycles. The first-order valence-electron chi connectivity index (χ1n) is 2.97. The van der Waals surface area contributed by atoms with Gasteiger partial charge in [0.2, 0.25) is 0 Å². The second-order valence-electron chi connectivity index (χ2n) is 2.17. The van der Waals surface area contributed by atoms with E-state index < -0.39 is 0 Å².